The van der Waals surface area contributed by atoms with E-state index in [0.717, 1.165) is 0 Å². The van der Waals surface area contributed by atoms with Crippen molar-refractivity contribution >= 4 is 30.7 Å². The molecule has 212 valence electrons. The lowest BCUT2D eigenvalue weighted by Gasteiger charge is -2.33. The summed E-state index contributed by atoms with van der Waals surface area (Å²) >= 11 is 0. The van der Waals surface area contributed by atoms with Crippen molar-refractivity contribution in [1.29, 1.82) is 0 Å². The number of anilines is 1. The highest BCUT2D eigenvalue weighted by Gasteiger charge is 2.51. The highest BCUT2D eigenvalue weighted by molar-refractivity contribution is 7.48. The first kappa shape index (κ1) is 29.2. The minimum atomic E-state index is -4.29. The molecule has 13 nitrogen and oxygen atoms in total. The van der Waals surface area contributed by atoms with Crippen LogP contribution in [0.2, 0.25) is 0 Å². The Bertz CT molecular complexity index is 1330. The summed E-state index contributed by atoms with van der Waals surface area (Å²) in [5, 5.41) is 23.5. The van der Waals surface area contributed by atoms with Crippen LogP contribution in [0, 0.1) is 0 Å². The van der Waals surface area contributed by atoms with Gasteiger partial charge in [0.2, 0.25) is 0 Å². The number of aliphatic hydroxyl groups excluding tert-OH is 2. The smallest absolute Gasteiger partial charge is 0.394 e. The molecule has 4 rings (SSSR count). The fourth-order valence-corrected chi connectivity index (χ4v) is 5.98. The number of carbonyl (C=O) groups excluding carboxylic acids is 1. The Morgan fingerprint density at radius 3 is 2.31 bits per heavy atom. The first-order valence-corrected chi connectivity index (χ1v) is 13.8. The number of phosphoric acid groups is 1. The van der Waals surface area contributed by atoms with Gasteiger partial charge < -0.3 is 20.3 Å². The molecule has 0 spiro atoms. The van der Waals surface area contributed by atoms with Gasteiger partial charge in [-0.25, -0.2) is 19.5 Å². The van der Waals surface area contributed by atoms with Gasteiger partial charge in [-0.15, -0.1) is 0 Å². The maximum Gasteiger partial charge on any atom is 0.476 e. The SMILES string of the molecule is CC(C)(C)OP(=O)(O[C@@H]1[C@H](O)[C@@H](CO)O[C@H]1n1cnc2c(NC(=O)c3ccccc3)ncnc21)OC(C)(C)C. The standard InChI is InChI=1S/C25H34N5O8P/c1-24(2,3)37-39(34,38-25(4,5)6)36-19-18(32)16(12-31)35-23(19)30-14-28-17-20(26-13-27-21(17)30)29-22(33)15-10-8-7-9-11-15/h7-11,13-14,16,18-19,23,31-32H,12H2,1-6H3,(H,26,27,29,33)/t16-,18-,19-,23-/m1/s1. The van der Waals surface area contributed by atoms with Crippen molar-refractivity contribution in [2.45, 2.75) is 77.3 Å². The summed E-state index contributed by atoms with van der Waals surface area (Å²) in [5.74, 6) is -0.237. The van der Waals surface area contributed by atoms with E-state index in [2.05, 4.69) is 20.3 Å². The maximum atomic E-state index is 13.8. The Kier molecular flexibility index (Phi) is 8.25. The van der Waals surface area contributed by atoms with E-state index in [1.807, 2.05) is 0 Å². The molecule has 39 heavy (non-hydrogen) atoms. The Morgan fingerprint density at radius 2 is 1.72 bits per heavy atom. The van der Waals surface area contributed by atoms with Gasteiger partial charge in [0.25, 0.3) is 5.91 Å². The summed E-state index contributed by atoms with van der Waals surface area (Å²) in [6.07, 6.45) is -2.33. The van der Waals surface area contributed by atoms with Gasteiger partial charge >= 0.3 is 7.82 Å². The van der Waals surface area contributed by atoms with Gasteiger partial charge in [0.15, 0.2) is 23.2 Å². The van der Waals surface area contributed by atoms with E-state index in [1.54, 1.807) is 71.9 Å². The highest BCUT2D eigenvalue weighted by atomic mass is 31.2. The second kappa shape index (κ2) is 11.0. The summed E-state index contributed by atoms with van der Waals surface area (Å²) in [4.78, 5) is 25.5. The number of hydrogen-bond acceptors (Lipinski definition) is 11. The zero-order chi connectivity index (χ0) is 28.6. The van der Waals surface area contributed by atoms with E-state index in [4.69, 9.17) is 18.3 Å². The summed E-state index contributed by atoms with van der Waals surface area (Å²) in [7, 11) is -4.29. The molecule has 14 heteroatoms. The van der Waals surface area contributed by atoms with Crippen LogP contribution in [0.1, 0.15) is 58.1 Å². The fourth-order valence-electron chi connectivity index (χ4n) is 3.99. The van der Waals surface area contributed by atoms with E-state index in [9.17, 15) is 19.6 Å². The van der Waals surface area contributed by atoms with Crippen LogP contribution in [0.4, 0.5) is 5.82 Å². The van der Waals surface area contributed by atoms with Gasteiger partial charge in [-0.3, -0.25) is 22.9 Å². The van der Waals surface area contributed by atoms with Crippen LogP contribution in [-0.2, 0) is 22.9 Å². The van der Waals surface area contributed by atoms with Crippen LogP contribution in [0.5, 0.6) is 0 Å². The van der Waals surface area contributed by atoms with Gasteiger partial charge in [-0.05, 0) is 53.7 Å². The second-order valence-electron chi connectivity index (χ2n) is 11.0. The summed E-state index contributed by atoms with van der Waals surface area (Å²) < 4.78 is 38.5. The lowest BCUT2D eigenvalue weighted by Crippen LogP contribution is -2.36. The lowest BCUT2D eigenvalue weighted by molar-refractivity contribution is -0.0628. The highest BCUT2D eigenvalue weighted by Crippen LogP contribution is 2.58. The number of aliphatic hydroxyl groups is 2. The number of phosphoric ester groups is 1. The fraction of sp³-hybridized carbons (Fsp3) is 0.520. The molecule has 0 aliphatic carbocycles. The predicted molar refractivity (Wildman–Crippen MR) is 141 cm³/mol. The van der Waals surface area contributed by atoms with Gasteiger partial charge in [-0.2, -0.15) is 0 Å². The van der Waals surface area contributed by atoms with Crippen LogP contribution in [-0.4, -0.2) is 71.8 Å². The number of hydrogen-bond donors (Lipinski definition) is 3. The monoisotopic (exact) mass is 563 g/mol. The van der Waals surface area contributed by atoms with E-state index in [0.29, 0.717) is 5.56 Å². The molecule has 4 atom stereocenters. The number of rotatable bonds is 8. The van der Waals surface area contributed by atoms with Gasteiger partial charge in [0.1, 0.15) is 24.6 Å². The Hall–Kier alpha value is -2.77. The largest absolute Gasteiger partial charge is 0.476 e. The minimum Gasteiger partial charge on any atom is -0.394 e. The van der Waals surface area contributed by atoms with E-state index in [1.165, 1.54) is 17.2 Å². The van der Waals surface area contributed by atoms with Gasteiger partial charge in [0.05, 0.1) is 24.1 Å². The number of carbonyl (C=O) groups is 1. The number of amides is 1. The number of imidazole rings is 1. The molecule has 3 N–H and O–H groups in total. The second-order valence-corrected chi connectivity index (χ2v) is 12.5. The molecule has 1 amide bonds. The van der Waals surface area contributed by atoms with Crippen LogP contribution >= 0.6 is 7.82 Å². The molecule has 1 saturated heterocycles. The third-order valence-electron chi connectivity index (χ3n) is 5.42. The van der Waals surface area contributed by atoms with Crippen molar-refractivity contribution in [3.05, 3.63) is 48.5 Å². The summed E-state index contributed by atoms with van der Waals surface area (Å²) in [6.45, 7) is 9.60. The molecule has 0 saturated carbocycles. The average Bonchev–Trinajstić information content (AvgIpc) is 3.38. The van der Waals surface area contributed by atoms with Gasteiger partial charge in [0, 0.05) is 5.56 Å². The Labute approximate surface area is 226 Å². The summed E-state index contributed by atoms with van der Waals surface area (Å²) in [6, 6.07) is 8.60. The van der Waals surface area contributed by atoms with Crippen molar-refractivity contribution in [2.75, 3.05) is 11.9 Å². The van der Waals surface area contributed by atoms with Crippen molar-refractivity contribution in [2.24, 2.45) is 0 Å². The van der Waals surface area contributed by atoms with E-state index in [-0.39, 0.29) is 22.9 Å². The molecule has 1 aliphatic rings. The quantitative estimate of drug-likeness (QED) is 0.343. The number of ether oxygens (including phenoxy) is 1. The molecule has 0 bridgehead atoms. The van der Waals surface area contributed by atoms with Crippen molar-refractivity contribution < 1.29 is 37.9 Å². The van der Waals surface area contributed by atoms with Crippen LogP contribution in [0.25, 0.3) is 11.2 Å². The maximum absolute atomic E-state index is 13.8. The molecular weight excluding hydrogens is 529 g/mol. The van der Waals surface area contributed by atoms with Crippen molar-refractivity contribution in [1.82, 2.24) is 19.5 Å². The van der Waals surface area contributed by atoms with E-state index >= 15 is 0 Å². The number of fused-ring (bicyclic) bond motifs is 1. The normalized spacial score (nSPS) is 22.4. The van der Waals surface area contributed by atoms with Crippen LogP contribution in [0.3, 0.4) is 0 Å². The number of nitrogens with zero attached hydrogens (tertiary/aromatic N) is 4. The molecule has 0 radical (unpaired) electrons. The molecule has 1 aliphatic heterocycles. The third kappa shape index (κ3) is 6.87. The van der Waals surface area contributed by atoms with Crippen molar-refractivity contribution in [3.63, 3.8) is 0 Å². The van der Waals surface area contributed by atoms with Crippen LogP contribution < -0.4 is 5.32 Å². The van der Waals surface area contributed by atoms with Crippen LogP contribution in [0.15, 0.2) is 43.0 Å². The molecule has 3 aromatic rings. The minimum absolute atomic E-state index is 0.153. The first-order valence-electron chi connectivity index (χ1n) is 12.4. The molecule has 0 unspecified atom stereocenters. The Balaban J connectivity index is 1.69. The average molecular weight is 564 g/mol. The number of benzene rings is 1. The number of nitrogens with one attached hydrogen (secondary N) is 1. The predicted octanol–water partition coefficient (Wildman–Crippen LogP) is 3.45. The zero-order valence-electron chi connectivity index (χ0n) is 22.6. The van der Waals surface area contributed by atoms with E-state index < -0.39 is 50.2 Å². The third-order valence-corrected chi connectivity index (χ3v) is 7.46. The Morgan fingerprint density at radius 1 is 1.08 bits per heavy atom. The van der Waals surface area contributed by atoms with Gasteiger partial charge in [-0.1, -0.05) is 18.2 Å². The lowest BCUT2D eigenvalue weighted by atomic mass is 10.1. The molecule has 3 heterocycles. The first-order chi connectivity index (χ1) is 18.2. The number of aromatic nitrogens is 4. The molecular formula is C25H34N5O8P. The zero-order valence-corrected chi connectivity index (χ0v) is 23.5. The summed E-state index contributed by atoms with van der Waals surface area (Å²) in [5.41, 5.74) is -0.929. The topological polar surface area (TPSA) is 167 Å². The molecule has 1 fully saturated rings. The van der Waals surface area contributed by atoms with Crippen molar-refractivity contribution in [3.8, 4) is 0 Å². The molecule has 2 aromatic heterocycles. The molecule has 1 aromatic carbocycles.